The summed E-state index contributed by atoms with van der Waals surface area (Å²) in [5.74, 6) is -0.126. The molecule has 1 saturated heterocycles. The molecule has 0 amide bonds. The molecule has 1 aromatic rings. The number of hydrogen-bond acceptors (Lipinski definition) is 3. The molecule has 20 heavy (non-hydrogen) atoms. The quantitative estimate of drug-likeness (QED) is 0.828. The summed E-state index contributed by atoms with van der Waals surface area (Å²) in [7, 11) is 0. The molecule has 110 valence electrons. The van der Waals surface area contributed by atoms with Gasteiger partial charge in [-0.2, -0.15) is 0 Å². The predicted octanol–water partition coefficient (Wildman–Crippen LogP) is 3.29. The van der Waals surface area contributed by atoms with Crippen LogP contribution in [0.4, 0.5) is 11.4 Å². The van der Waals surface area contributed by atoms with Crippen molar-refractivity contribution in [3.8, 4) is 0 Å². The molecule has 1 aliphatic rings. The van der Waals surface area contributed by atoms with Crippen LogP contribution < -0.4 is 10.6 Å². The number of carboxylic acids is 1. The Morgan fingerprint density at radius 1 is 1.40 bits per heavy atom. The maximum Gasteiger partial charge on any atom is 0.337 e. The van der Waals surface area contributed by atoms with Gasteiger partial charge in [0.25, 0.3) is 0 Å². The number of nitrogen functional groups attached to an aromatic ring is 1. The standard InChI is InChI=1S/C16H24N2O2/c1-3-4-12-5-7-18(8-6-12)13-9-11(2)15(17)14(10-13)16(19)20/h9-10,12H,3-8,17H2,1-2H3,(H,19,20). The van der Waals surface area contributed by atoms with Crippen LogP contribution in [0.5, 0.6) is 0 Å². The van der Waals surface area contributed by atoms with Gasteiger partial charge < -0.3 is 15.7 Å². The largest absolute Gasteiger partial charge is 0.478 e. The highest BCUT2D eigenvalue weighted by molar-refractivity contribution is 5.95. The van der Waals surface area contributed by atoms with Crippen molar-refractivity contribution in [3.05, 3.63) is 23.3 Å². The topological polar surface area (TPSA) is 66.6 Å². The Kier molecular flexibility index (Phi) is 4.53. The van der Waals surface area contributed by atoms with Gasteiger partial charge in [-0.1, -0.05) is 19.8 Å². The van der Waals surface area contributed by atoms with E-state index >= 15 is 0 Å². The summed E-state index contributed by atoms with van der Waals surface area (Å²) in [6, 6.07) is 3.72. The SMILES string of the molecule is CCCC1CCN(c2cc(C)c(N)c(C(=O)O)c2)CC1. The third kappa shape index (κ3) is 3.06. The van der Waals surface area contributed by atoms with Crippen molar-refractivity contribution in [3.63, 3.8) is 0 Å². The van der Waals surface area contributed by atoms with Crippen molar-refractivity contribution >= 4 is 17.3 Å². The molecule has 2 rings (SSSR count). The Hall–Kier alpha value is -1.71. The van der Waals surface area contributed by atoms with Crippen LogP contribution in [0.1, 0.15) is 48.5 Å². The summed E-state index contributed by atoms with van der Waals surface area (Å²) in [6.07, 6.45) is 4.93. The second-order valence-electron chi connectivity index (χ2n) is 5.75. The van der Waals surface area contributed by atoms with E-state index in [4.69, 9.17) is 5.73 Å². The smallest absolute Gasteiger partial charge is 0.337 e. The van der Waals surface area contributed by atoms with Gasteiger partial charge in [0.15, 0.2) is 0 Å². The summed E-state index contributed by atoms with van der Waals surface area (Å²) in [4.78, 5) is 13.5. The monoisotopic (exact) mass is 276 g/mol. The molecule has 1 heterocycles. The van der Waals surface area contributed by atoms with Crippen molar-refractivity contribution in [2.45, 2.75) is 39.5 Å². The van der Waals surface area contributed by atoms with E-state index < -0.39 is 5.97 Å². The van der Waals surface area contributed by atoms with E-state index in [0.29, 0.717) is 5.69 Å². The number of rotatable bonds is 4. The van der Waals surface area contributed by atoms with Gasteiger partial charge in [-0.25, -0.2) is 4.79 Å². The first-order chi connectivity index (χ1) is 9.52. The normalized spacial score (nSPS) is 16.4. The summed E-state index contributed by atoms with van der Waals surface area (Å²) < 4.78 is 0. The van der Waals surface area contributed by atoms with Crippen molar-refractivity contribution < 1.29 is 9.90 Å². The molecular weight excluding hydrogens is 252 g/mol. The Morgan fingerprint density at radius 2 is 2.05 bits per heavy atom. The number of anilines is 2. The number of hydrogen-bond donors (Lipinski definition) is 2. The van der Waals surface area contributed by atoms with Crippen molar-refractivity contribution in [2.24, 2.45) is 5.92 Å². The van der Waals surface area contributed by atoms with E-state index in [2.05, 4.69) is 11.8 Å². The van der Waals surface area contributed by atoms with Crippen LogP contribution in [0.25, 0.3) is 0 Å². The second kappa shape index (κ2) is 6.16. The van der Waals surface area contributed by atoms with Gasteiger partial charge in [0, 0.05) is 24.5 Å². The Morgan fingerprint density at radius 3 is 2.60 bits per heavy atom. The summed E-state index contributed by atoms with van der Waals surface area (Å²) in [5.41, 5.74) is 8.27. The fourth-order valence-electron chi connectivity index (χ4n) is 3.03. The zero-order chi connectivity index (χ0) is 14.7. The molecule has 0 aliphatic carbocycles. The summed E-state index contributed by atoms with van der Waals surface area (Å²) >= 11 is 0. The third-order valence-corrected chi connectivity index (χ3v) is 4.28. The molecular formula is C16H24N2O2. The molecule has 0 saturated carbocycles. The van der Waals surface area contributed by atoms with E-state index in [1.165, 1.54) is 25.7 Å². The van der Waals surface area contributed by atoms with E-state index in [9.17, 15) is 9.90 Å². The highest BCUT2D eigenvalue weighted by Crippen LogP contribution is 2.30. The minimum atomic E-state index is -0.951. The Balaban J connectivity index is 2.16. The first-order valence-electron chi connectivity index (χ1n) is 7.41. The Labute approximate surface area is 120 Å². The minimum Gasteiger partial charge on any atom is -0.478 e. The van der Waals surface area contributed by atoms with Crippen molar-refractivity contribution in [2.75, 3.05) is 23.7 Å². The first kappa shape index (κ1) is 14.7. The van der Waals surface area contributed by atoms with E-state index in [1.807, 2.05) is 13.0 Å². The number of piperidine rings is 1. The average Bonchev–Trinajstić information content (AvgIpc) is 2.42. The van der Waals surface area contributed by atoms with E-state index in [0.717, 1.165) is 30.3 Å². The molecule has 0 spiro atoms. The van der Waals surface area contributed by atoms with Gasteiger partial charge in [-0.05, 0) is 43.4 Å². The molecule has 1 fully saturated rings. The van der Waals surface area contributed by atoms with Crippen LogP contribution >= 0.6 is 0 Å². The molecule has 0 atom stereocenters. The van der Waals surface area contributed by atoms with Crippen LogP contribution in [0, 0.1) is 12.8 Å². The number of benzene rings is 1. The fraction of sp³-hybridized carbons (Fsp3) is 0.562. The number of aromatic carboxylic acids is 1. The van der Waals surface area contributed by atoms with Crippen LogP contribution in [0.2, 0.25) is 0 Å². The molecule has 1 aromatic carbocycles. The molecule has 0 bridgehead atoms. The van der Waals surface area contributed by atoms with Gasteiger partial charge in [0.05, 0.1) is 5.56 Å². The fourth-order valence-corrected chi connectivity index (χ4v) is 3.03. The molecule has 1 aliphatic heterocycles. The maximum atomic E-state index is 11.2. The van der Waals surface area contributed by atoms with Crippen LogP contribution in [0.15, 0.2) is 12.1 Å². The second-order valence-corrected chi connectivity index (χ2v) is 5.75. The molecule has 4 heteroatoms. The lowest BCUT2D eigenvalue weighted by atomic mass is 9.92. The van der Waals surface area contributed by atoms with Gasteiger partial charge >= 0.3 is 5.97 Å². The average molecular weight is 276 g/mol. The number of aryl methyl sites for hydroxylation is 1. The molecule has 0 unspecified atom stereocenters. The number of carbonyl (C=O) groups is 1. The molecule has 3 N–H and O–H groups in total. The maximum absolute atomic E-state index is 11.2. The number of nitrogens with two attached hydrogens (primary N) is 1. The van der Waals surface area contributed by atoms with Gasteiger partial charge in [0.2, 0.25) is 0 Å². The lowest BCUT2D eigenvalue weighted by molar-refractivity contribution is 0.0698. The highest BCUT2D eigenvalue weighted by atomic mass is 16.4. The van der Waals surface area contributed by atoms with Crippen molar-refractivity contribution in [1.29, 1.82) is 0 Å². The predicted molar refractivity (Wildman–Crippen MR) is 82.4 cm³/mol. The molecule has 0 radical (unpaired) electrons. The highest BCUT2D eigenvalue weighted by Gasteiger charge is 2.21. The van der Waals surface area contributed by atoms with Crippen LogP contribution in [-0.4, -0.2) is 24.2 Å². The number of nitrogens with zero attached hydrogens (tertiary/aromatic N) is 1. The lowest BCUT2D eigenvalue weighted by Crippen LogP contribution is -2.33. The van der Waals surface area contributed by atoms with Gasteiger partial charge in [-0.15, -0.1) is 0 Å². The summed E-state index contributed by atoms with van der Waals surface area (Å²) in [6.45, 7) is 6.12. The van der Waals surface area contributed by atoms with Crippen LogP contribution in [-0.2, 0) is 0 Å². The van der Waals surface area contributed by atoms with E-state index in [-0.39, 0.29) is 5.56 Å². The van der Waals surface area contributed by atoms with Crippen molar-refractivity contribution in [1.82, 2.24) is 0 Å². The summed E-state index contributed by atoms with van der Waals surface area (Å²) in [5, 5.41) is 9.23. The van der Waals surface area contributed by atoms with Crippen LogP contribution in [0.3, 0.4) is 0 Å². The van der Waals surface area contributed by atoms with Gasteiger partial charge in [-0.3, -0.25) is 0 Å². The minimum absolute atomic E-state index is 0.218. The first-order valence-corrected chi connectivity index (χ1v) is 7.41. The Bertz CT molecular complexity index is 491. The van der Waals surface area contributed by atoms with E-state index in [1.54, 1.807) is 6.07 Å². The zero-order valence-corrected chi connectivity index (χ0v) is 12.4. The zero-order valence-electron chi connectivity index (χ0n) is 12.4. The molecule has 4 nitrogen and oxygen atoms in total. The lowest BCUT2D eigenvalue weighted by Gasteiger charge is -2.34. The third-order valence-electron chi connectivity index (χ3n) is 4.28. The molecule has 0 aromatic heterocycles. The number of carboxylic acid groups (broad SMARTS) is 1. The van der Waals surface area contributed by atoms with Gasteiger partial charge in [0.1, 0.15) is 0 Å².